The molecule has 3 aromatic rings. The second kappa shape index (κ2) is 11.7. The first-order valence-electron chi connectivity index (χ1n) is 10.7. The van der Waals surface area contributed by atoms with E-state index in [4.69, 9.17) is 9.53 Å². The van der Waals surface area contributed by atoms with Crippen LogP contribution in [0.3, 0.4) is 0 Å². The van der Waals surface area contributed by atoms with E-state index in [0.29, 0.717) is 17.4 Å². The van der Waals surface area contributed by atoms with Crippen molar-refractivity contribution in [1.29, 1.82) is 0 Å². The lowest BCUT2D eigenvalue weighted by Gasteiger charge is -2.19. The smallest absolute Gasteiger partial charge is 0.255 e. The van der Waals surface area contributed by atoms with Gasteiger partial charge in [-0.2, -0.15) is 0 Å². The van der Waals surface area contributed by atoms with E-state index in [1.54, 1.807) is 24.3 Å². The highest BCUT2D eigenvalue weighted by Gasteiger charge is 2.20. The average Bonchev–Trinajstić information content (AvgIpc) is 3.31. The number of hydrogen-bond donors (Lipinski definition) is 2. The third-order valence-corrected chi connectivity index (χ3v) is 5.18. The van der Waals surface area contributed by atoms with Gasteiger partial charge < -0.3 is 25.1 Å². The predicted molar refractivity (Wildman–Crippen MR) is 129 cm³/mol. The van der Waals surface area contributed by atoms with Gasteiger partial charge in [0.2, 0.25) is 0 Å². The summed E-state index contributed by atoms with van der Waals surface area (Å²) in [5.74, 6) is 1.33. The Bertz CT molecular complexity index is 989. The quantitative estimate of drug-likeness (QED) is 0.552. The van der Waals surface area contributed by atoms with Gasteiger partial charge in [0, 0.05) is 36.1 Å². The zero-order chi connectivity index (χ0) is 22.8. The van der Waals surface area contributed by atoms with Gasteiger partial charge in [0.05, 0.1) is 0 Å². The van der Waals surface area contributed by atoms with Crippen LogP contribution in [0.1, 0.15) is 23.7 Å². The van der Waals surface area contributed by atoms with Gasteiger partial charge >= 0.3 is 0 Å². The van der Waals surface area contributed by atoms with Crippen LogP contribution in [0.15, 0.2) is 78.9 Å². The molecule has 1 unspecified atom stereocenters. The fraction of sp³-hybridized carbons (Fsp3) is 0.231. The molecule has 0 aromatic heterocycles. The molecule has 1 fully saturated rings. The van der Waals surface area contributed by atoms with E-state index in [1.807, 2.05) is 49.5 Å². The first-order valence-corrected chi connectivity index (χ1v) is 10.7. The number of carbonyl (C=O) groups excluding carboxylic acids is 2. The average molecular weight is 432 g/mol. The van der Waals surface area contributed by atoms with Crippen LogP contribution in [0, 0.1) is 0 Å². The van der Waals surface area contributed by atoms with Gasteiger partial charge in [-0.3, -0.25) is 4.79 Å². The minimum atomic E-state index is -0.138. The van der Waals surface area contributed by atoms with E-state index in [9.17, 15) is 4.79 Å². The van der Waals surface area contributed by atoms with E-state index in [0.717, 1.165) is 37.2 Å². The molecule has 1 aliphatic heterocycles. The Morgan fingerprint density at radius 3 is 2.19 bits per heavy atom. The van der Waals surface area contributed by atoms with Crippen molar-refractivity contribution in [1.82, 2.24) is 5.32 Å². The fourth-order valence-electron chi connectivity index (χ4n) is 3.49. The van der Waals surface area contributed by atoms with Crippen LogP contribution in [0.4, 0.5) is 11.4 Å². The van der Waals surface area contributed by atoms with E-state index in [1.165, 1.54) is 12.6 Å². The Morgan fingerprint density at radius 2 is 1.59 bits per heavy atom. The van der Waals surface area contributed by atoms with Crippen LogP contribution < -0.4 is 20.3 Å². The molecule has 0 bridgehead atoms. The molecular formula is C26H29N3O3. The molecule has 6 heteroatoms. The van der Waals surface area contributed by atoms with Crippen LogP contribution in [-0.4, -0.2) is 38.4 Å². The third-order valence-electron chi connectivity index (χ3n) is 5.18. The summed E-state index contributed by atoms with van der Waals surface area (Å²) in [6.45, 7) is 3.51. The molecule has 1 heterocycles. The van der Waals surface area contributed by atoms with Gasteiger partial charge in [0.1, 0.15) is 17.8 Å². The van der Waals surface area contributed by atoms with Crippen LogP contribution >= 0.6 is 0 Å². The molecule has 1 atom stereocenters. The highest BCUT2D eigenvalue weighted by Crippen LogP contribution is 2.24. The Morgan fingerprint density at radius 1 is 0.969 bits per heavy atom. The first-order chi connectivity index (χ1) is 15.6. The molecule has 0 saturated carbocycles. The zero-order valence-electron chi connectivity index (χ0n) is 18.5. The number of para-hydroxylation sites is 1. The number of nitrogens with one attached hydrogen (secondary N) is 2. The summed E-state index contributed by atoms with van der Waals surface area (Å²) in [7, 11) is 2.01. The van der Waals surface area contributed by atoms with Crippen molar-refractivity contribution in [2.75, 3.05) is 30.4 Å². The summed E-state index contributed by atoms with van der Waals surface area (Å²) in [4.78, 5) is 23.7. The molecule has 6 nitrogen and oxygen atoms in total. The zero-order valence-corrected chi connectivity index (χ0v) is 18.5. The Labute approximate surface area is 189 Å². The van der Waals surface area contributed by atoms with Crippen LogP contribution in [-0.2, 0) is 4.79 Å². The minimum Gasteiger partial charge on any atom is -0.457 e. The number of anilines is 2. The Balaban J connectivity index is 0.000000913. The summed E-state index contributed by atoms with van der Waals surface area (Å²) >= 11 is 0. The lowest BCUT2D eigenvalue weighted by Crippen LogP contribution is -2.29. The normalized spacial score (nSPS) is 14.8. The molecule has 4 rings (SSSR count). The maximum Gasteiger partial charge on any atom is 0.255 e. The van der Waals surface area contributed by atoms with Gasteiger partial charge in [-0.15, -0.1) is 0 Å². The van der Waals surface area contributed by atoms with E-state index in [-0.39, 0.29) is 5.91 Å². The van der Waals surface area contributed by atoms with Crippen LogP contribution in [0.2, 0.25) is 0 Å². The molecule has 0 radical (unpaired) electrons. The number of nitrogens with zero attached hydrogens (tertiary/aromatic N) is 1. The molecule has 1 aliphatic rings. The lowest BCUT2D eigenvalue weighted by atomic mass is 10.2. The number of hydrogen-bond acceptors (Lipinski definition) is 5. The summed E-state index contributed by atoms with van der Waals surface area (Å²) in [6, 6.07) is 25.3. The second-order valence-corrected chi connectivity index (χ2v) is 7.40. The number of benzene rings is 3. The number of aldehydes is 1. The van der Waals surface area contributed by atoms with Gasteiger partial charge in [0.25, 0.3) is 5.91 Å². The third kappa shape index (κ3) is 6.43. The van der Waals surface area contributed by atoms with Gasteiger partial charge in [-0.1, -0.05) is 18.2 Å². The first kappa shape index (κ1) is 23.0. The number of ether oxygens (including phenoxy) is 1. The summed E-state index contributed by atoms with van der Waals surface area (Å²) in [5.41, 5.74) is 2.56. The Kier molecular flexibility index (Phi) is 8.40. The molecule has 1 amide bonds. The number of carbonyl (C=O) groups is 2. The monoisotopic (exact) mass is 431 g/mol. The Hall–Kier alpha value is -3.64. The van der Waals surface area contributed by atoms with Crippen LogP contribution in [0.25, 0.3) is 0 Å². The lowest BCUT2D eigenvalue weighted by molar-refractivity contribution is -0.106. The maximum atomic E-state index is 12.5. The van der Waals surface area contributed by atoms with E-state index >= 15 is 0 Å². The van der Waals surface area contributed by atoms with Gasteiger partial charge in [-0.05, 0) is 81.1 Å². The SMILES string of the molecule is CC=O.CNC1CCN(c2ccc(NC(=O)c3ccc(Oc4ccccc4)cc3)cc2)C1. The van der Waals surface area contributed by atoms with Gasteiger partial charge in [-0.25, -0.2) is 0 Å². The second-order valence-electron chi connectivity index (χ2n) is 7.40. The molecule has 0 spiro atoms. The van der Waals surface area contributed by atoms with Crippen molar-refractivity contribution in [2.24, 2.45) is 0 Å². The summed E-state index contributed by atoms with van der Waals surface area (Å²) in [6.07, 6.45) is 1.90. The summed E-state index contributed by atoms with van der Waals surface area (Å²) < 4.78 is 5.77. The van der Waals surface area contributed by atoms with E-state index < -0.39 is 0 Å². The number of likely N-dealkylation sites (N-methyl/N-ethyl adjacent to an activating group) is 1. The predicted octanol–water partition coefficient (Wildman–Crippen LogP) is 4.73. The fourth-order valence-corrected chi connectivity index (χ4v) is 3.49. The molecule has 0 aliphatic carbocycles. The van der Waals surface area contributed by atoms with Crippen molar-refractivity contribution in [3.05, 3.63) is 84.4 Å². The van der Waals surface area contributed by atoms with Crippen molar-refractivity contribution >= 4 is 23.6 Å². The van der Waals surface area contributed by atoms with Crippen molar-refractivity contribution < 1.29 is 14.3 Å². The highest BCUT2D eigenvalue weighted by molar-refractivity contribution is 6.04. The maximum absolute atomic E-state index is 12.5. The standard InChI is InChI=1S/C24H25N3O2.C2H4O/c1-25-20-15-16-27(17-20)21-11-9-19(10-12-21)26-24(28)18-7-13-23(14-8-18)29-22-5-3-2-4-6-22;1-2-3/h2-14,20,25H,15-17H2,1H3,(H,26,28);2H,1H3. The minimum absolute atomic E-state index is 0.138. The highest BCUT2D eigenvalue weighted by atomic mass is 16.5. The molecular weight excluding hydrogens is 402 g/mol. The van der Waals surface area contributed by atoms with Crippen molar-refractivity contribution in [3.63, 3.8) is 0 Å². The molecule has 3 aromatic carbocycles. The van der Waals surface area contributed by atoms with E-state index in [2.05, 4.69) is 27.7 Å². The van der Waals surface area contributed by atoms with Gasteiger partial charge in [0.15, 0.2) is 0 Å². The molecule has 32 heavy (non-hydrogen) atoms. The number of amides is 1. The van der Waals surface area contributed by atoms with Crippen molar-refractivity contribution in [2.45, 2.75) is 19.4 Å². The molecule has 1 saturated heterocycles. The topological polar surface area (TPSA) is 70.7 Å². The molecule has 2 N–H and O–H groups in total. The number of rotatable bonds is 6. The largest absolute Gasteiger partial charge is 0.457 e. The van der Waals surface area contributed by atoms with Crippen molar-refractivity contribution in [3.8, 4) is 11.5 Å². The summed E-state index contributed by atoms with van der Waals surface area (Å²) in [5, 5.41) is 6.28. The molecule has 166 valence electrons. The van der Waals surface area contributed by atoms with Crippen LogP contribution in [0.5, 0.6) is 11.5 Å².